The minimum Gasteiger partial charge on any atom is -1.00 e. The summed E-state index contributed by atoms with van der Waals surface area (Å²) in [5.41, 5.74) is 11.2. The Hall–Kier alpha value is -0.901. The Kier molecular flexibility index (Phi) is 18.2. The van der Waals surface area contributed by atoms with Gasteiger partial charge in [-0.3, -0.25) is 0 Å². The number of rotatable bonds is 12. The van der Waals surface area contributed by atoms with Crippen LogP contribution in [0.25, 0.3) is 0 Å². The Morgan fingerprint density at radius 1 is 0.568 bits per heavy atom. The molecule has 0 amide bonds. The van der Waals surface area contributed by atoms with Crippen LogP contribution in [0.1, 0.15) is 112 Å². The number of hydrogen-bond acceptors (Lipinski definition) is 3. The van der Waals surface area contributed by atoms with Gasteiger partial charge in [0, 0.05) is 37.6 Å². The molecular weight excluding hydrogens is 549 g/mol. The van der Waals surface area contributed by atoms with E-state index in [9.17, 15) is 0 Å². The molecule has 0 saturated heterocycles. The van der Waals surface area contributed by atoms with Gasteiger partial charge in [-0.05, 0) is 66.8 Å². The standard InChI is InChI=1S/C31H51N3.2ClH.Cu/c1-20(2)26-16-24(9)17-27(21(3)4)30(26)32-12-14-34(11)15-13-33-31-28(22(5)6)18-25(10)19-29(31)23(7)8;;;/h16-23,32-33H,12-15H2,1-11H3;2*1H;/q;;;+2/p-2. The summed E-state index contributed by atoms with van der Waals surface area (Å²) in [6, 6.07) is 9.42. The van der Waals surface area contributed by atoms with Crippen LogP contribution in [0.5, 0.6) is 0 Å². The normalized spacial score (nSPS) is 11.0. The molecule has 0 atom stereocenters. The van der Waals surface area contributed by atoms with E-state index in [1.807, 2.05) is 0 Å². The maximum absolute atomic E-state index is 3.80. The minimum absolute atomic E-state index is 0. The second-order valence-corrected chi connectivity index (χ2v) is 11.4. The van der Waals surface area contributed by atoms with Crippen LogP contribution in [0.2, 0.25) is 0 Å². The van der Waals surface area contributed by atoms with Crippen molar-refractivity contribution < 1.29 is 41.9 Å². The molecule has 2 aromatic carbocycles. The molecule has 0 fully saturated rings. The van der Waals surface area contributed by atoms with E-state index >= 15 is 0 Å². The van der Waals surface area contributed by atoms with E-state index in [0.29, 0.717) is 23.7 Å². The number of benzene rings is 2. The van der Waals surface area contributed by atoms with Gasteiger partial charge in [0.15, 0.2) is 0 Å². The third-order valence-electron chi connectivity index (χ3n) is 6.77. The first-order chi connectivity index (χ1) is 15.9. The van der Waals surface area contributed by atoms with E-state index in [1.165, 1.54) is 44.8 Å². The van der Waals surface area contributed by atoms with Crippen LogP contribution in [-0.4, -0.2) is 38.1 Å². The van der Waals surface area contributed by atoms with Gasteiger partial charge < -0.3 is 40.3 Å². The van der Waals surface area contributed by atoms with E-state index in [1.54, 1.807) is 0 Å². The molecule has 0 spiro atoms. The van der Waals surface area contributed by atoms with Crippen molar-refractivity contribution in [1.29, 1.82) is 0 Å². The molecule has 2 aromatic rings. The van der Waals surface area contributed by atoms with Crippen molar-refractivity contribution in [1.82, 2.24) is 4.90 Å². The summed E-state index contributed by atoms with van der Waals surface area (Å²) in [6.45, 7) is 26.7. The largest absolute Gasteiger partial charge is 2.00 e. The van der Waals surface area contributed by atoms with E-state index in [-0.39, 0.29) is 41.9 Å². The molecule has 6 heteroatoms. The maximum atomic E-state index is 3.80. The van der Waals surface area contributed by atoms with Crippen molar-refractivity contribution in [2.75, 3.05) is 43.9 Å². The average Bonchev–Trinajstić information content (AvgIpc) is 2.74. The van der Waals surface area contributed by atoms with Gasteiger partial charge in [0.1, 0.15) is 0 Å². The fraction of sp³-hybridized carbons (Fsp3) is 0.613. The predicted octanol–water partition coefficient (Wildman–Crippen LogP) is 2.26. The van der Waals surface area contributed by atoms with E-state index in [0.717, 1.165) is 26.2 Å². The van der Waals surface area contributed by atoms with E-state index < -0.39 is 0 Å². The van der Waals surface area contributed by atoms with E-state index in [2.05, 4.69) is 116 Å². The van der Waals surface area contributed by atoms with Gasteiger partial charge in [0.05, 0.1) is 0 Å². The summed E-state index contributed by atoms with van der Waals surface area (Å²) >= 11 is 0. The second kappa shape index (κ2) is 17.6. The Bertz CT molecular complexity index is 809. The fourth-order valence-electron chi connectivity index (χ4n) is 4.77. The van der Waals surface area contributed by atoms with Crippen molar-refractivity contribution in [3.05, 3.63) is 57.6 Å². The number of nitrogens with zero attached hydrogens (tertiary/aromatic N) is 1. The van der Waals surface area contributed by atoms with Crippen molar-refractivity contribution in [3.8, 4) is 0 Å². The Balaban J connectivity index is 0. The van der Waals surface area contributed by atoms with Crippen LogP contribution in [0.3, 0.4) is 0 Å². The molecule has 2 rings (SSSR count). The van der Waals surface area contributed by atoms with Crippen LogP contribution in [0.15, 0.2) is 24.3 Å². The quantitative estimate of drug-likeness (QED) is 0.367. The molecule has 0 aliphatic heterocycles. The third-order valence-corrected chi connectivity index (χ3v) is 6.77. The van der Waals surface area contributed by atoms with Crippen LogP contribution in [0, 0.1) is 13.8 Å². The molecule has 0 aliphatic rings. The summed E-state index contributed by atoms with van der Waals surface area (Å²) in [6.07, 6.45) is 0. The van der Waals surface area contributed by atoms with Crippen LogP contribution in [-0.2, 0) is 17.1 Å². The summed E-state index contributed by atoms with van der Waals surface area (Å²) in [5, 5.41) is 7.61. The molecule has 0 aliphatic carbocycles. The van der Waals surface area contributed by atoms with Gasteiger partial charge in [-0.1, -0.05) is 90.8 Å². The van der Waals surface area contributed by atoms with Crippen molar-refractivity contribution >= 4 is 11.4 Å². The number of halogens is 2. The van der Waals surface area contributed by atoms with Crippen LogP contribution >= 0.6 is 0 Å². The van der Waals surface area contributed by atoms with Gasteiger partial charge in [-0.25, -0.2) is 0 Å². The third kappa shape index (κ3) is 11.0. The zero-order chi connectivity index (χ0) is 25.6. The zero-order valence-electron chi connectivity index (χ0n) is 25.0. The number of aryl methyl sites for hydroxylation is 2. The first-order valence-corrected chi connectivity index (χ1v) is 13.4. The van der Waals surface area contributed by atoms with Gasteiger partial charge in [0.25, 0.3) is 0 Å². The van der Waals surface area contributed by atoms with Crippen molar-refractivity contribution in [3.63, 3.8) is 0 Å². The number of anilines is 2. The first kappa shape index (κ1) is 38.2. The molecule has 0 saturated carbocycles. The predicted molar refractivity (Wildman–Crippen MR) is 153 cm³/mol. The van der Waals surface area contributed by atoms with Crippen molar-refractivity contribution in [2.24, 2.45) is 0 Å². The molecule has 3 nitrogen and oxygen atoms in total. The Morgan fingerprint density at radius 3 is 1.03 bits per heavy atom. The zero-order valence-corrected chi connectivity index (χ0v) is 27.4. The number of hydrogen-bond donors (Lipinski definition) is 2. The van der Waals surface area contributed by atoms with Gasteiger partial charge >= 0.3 is 17.1 Å². The van der Waals surface area contributed by atoms with Crippen molar-refractivity contribution in [2.45, 2.75) is 92.9 Å². The molecule has 1 radical (unpaired) electrons. The SMILES string of the molecule is Cc1cc(C(C)C)c(NCCN(C)CCNc2c(C(C)C)cc(C)cc2C(C)C)c(C(C)C)c1.[Cl-].[Cl-].[Cu+2]. The molecule has 215 valence electrons. The first-order valence-electron chi connectivity index (χ1n) is 13.4. The molecule has 0 unspecified atom stereocenters. The molecule has 0 bridgehead atoms. The molecule has 37 heavy (non-hydrogen) atoms. The van der Waals surface area contributed by atoms with Gasteiger partial charge in [-0.15, -0.1) is 0 Å². The fourth-order valence-corrected chi connectivity index (χ4v) is 4.77. The smallest absolute Gasteiger partial charge is 1.00 e. The number of likely N-dealkylation sites (N-methyl/N-ethyl adjacent to an activating group) is 1. The molecule has 0 aromatic heterocycles. The van der Waals surface area contributed by atoms with Crippen LogP contribution < -0.4 is 35.4 Å². The summed E-state index contributed by atoms with van der Waals surface area (Å²) in [5.74, 6) is 2.06. The summed E-state index contributed by atoms with van der Waals surface area (Å²) in [4.78, 5) is 2.43. The van der Waals surface area contributed by atoms with Crippen LogP contribution in [0.4, 0.5) is 11.4 Å². The maximum Gasteiger partial charge on any atom is 2.00 e. The van der Waals surface area contributed by atoms with Gasteiger partial charge in [-0.2, -0.15) is 0 Å². The second-order valence-electron chi connectivity index (χ2n) is 11.4. The Morgan fingerprint density at radius 2 is 0.811 bits per heavy atom. The van der Waals surface area contributed by atoms with Gasteiger partial charge in [0.2, 0.25) is 0 Å². The number of nitrogens with one attached hydrogen (secondary N) is 2. The minimum atomic E-state index is 0. The monoisotopic (exact) mass is 598 g/mol. The van der Waals surface area contributed by atoms with E-state index in [4.69, 9.17) is 0 Å². The average molecular weight is 600 g/mol. The topological polar surface area (TPSA) is 27.3 Å². The summed E-state index contributed by atoms with van der Waals surface area (Å²) < 4.78 is 0. The summed E-state index contributed by atoms with van der Waals surface area (Å²) in [7, 11) is 2.23. The Labute approximate surface area is 251 Å². The molecule has 2 N–H and O–H groups in total. The molecular formula is C31H51Cl2CuN3. The molecule has 0 heterocycles.